The number of halogens is 3. The van der Waals surface area contributed by atoms with E-state index in [9.17, 15) is 18.0 Å². The number of likely N-dealkylation sites (N-methyl/N-ethyl adjacent to an activating group) is 1. The summed E-state index contributed by atoms with van der Waals surface area (Å²) in [7, 11) is 1.68. The first-order valence-corrected chi connectivity index (χ1v) is 5.99. The van der Waals surface area contributed by atoms with Crippen LogP contribution in [0.1, 0.15) is 30.0 Å². The first-order chi connectivity index (χ1) is 8.78. The number of carbonyl (C=O) groups is 1. The van der Waals surface area contributed by atoms with Gasteiger partial charge in [-0.25, -0.2) is 0 Å². The van der Waals surface area contributed by atoms with E-state index in [1.165, 1.54) is 0 Å². The number of anilines is 1. The lowest BCUT2D eigenvalue weighted by molar-refractivity contribution is -0.136. The van der Waals surface area contributed by atoms with E-state index in [1.54, 1.807) is 30.1 Å². The molecule has 0 radical (unpaired) electrons. The monoisotopic (exact) mass is 272 g/mol. The highest BCUT2D eigenvalue weighted by molar-refractivity contribution is 6.00. The van der Waals surface area contributed by atoms with Gasteiger partial charge in [0.1, 0.15) is 0 Å². The van der Waals surface area contributed by atoms with Gasteiger partial charge in [0, 0.05) is 25.2 Å². The molecule has 0 aromatic heterocycles. The number of amides is 1. The van der Waals surface area contributed by atoms with Crippen molar-refractivity contribution in [1.29, 1.82) is 0 Å². The number of rotatable bonds is 3. The zero-order chi connectivity index (χ0) is 14.2. The highest BCUT2D eigenvalue weighted by Gasteiger charge is 2.29. The molecule has 0 aliphatic carbocycles. The molecule has 1 atom stereocenters. The molecule has 0 spiro atoms. The highest BCUT2D eigenvalue weighted by Crippen LogP contribution is 2.32. The van der Waals surface area contributed by atoms with Crippen molar-refractivity contribution < 1.29 is 18.0 Å². The molecule has 2 N–H and O–H groups in total. The number of nitrogens with zero attached hydrogens (tertiary/aromatic N) is 1. The van der Waals surface area contributed by atoms with Crippen LogP contribution in [0, 0.1) is 0 Å². The van der Waals surface area contributed by atoms with Gasteiger partial charge in [0.15, 0.2) is 0 Å². The minimum Gasteiger partial charge on any atom is -0.324 e. The maximum atomic E-state index is 12.1. The Bertz CT molecular complexity index is 499. The van der Waals surface area contributed by atoms with Crippen LogP contribution in [-0.2, 0) is 11.2 Å². The second kappa shape index (κ2) is 4.85. The molecule has 19 heavy (non-hydrogen) atoms. The standard InChI is InChI=1S/C13H15F3N2O/c1-18-11-3-2-8(6-9(11)7-12(18)19)10(17)4-5-13(14,15)16/h2-3,6,10H,4-5,7,17H2,1H3. The third-order valence-corrected chi connectivity index (χ3v) is 3.35. The molecule has 1 aliphatic heterocycles. The molecule has 104 valence electrons. The lowest BCUT2D eigenvalue weighted by Gasteiger charge is -2.15. The van der Waals surface area contributed by atoms with E-state index in [1.807, 2.05) is 0 Å². The largest absolute Gasteiger partial charge is 0.389 e. The molecule has 2 rings (SSSR count). The van der Waals surface area contributed by atoms with Crippen molar-refractivity contribution >= 4 is 11.6 Å². The molecule has 6 heteroatoms. The molecular formula is C13H15F3N2O. The number of hydrogen-bond acceptors (Lipinski definition) is 2. The number of hydrogen-bond donors (Lipinski definition) is 1. The Labute approximate surface area is 109 Å². The van der Waals surface area contributed by atoms with Crippen LogP contribution < -0.4 is 10.6 Å². The first kappa shape index (κ1) is 13.9. The van der Waals surface area contributed by atoms with Gasteiger partial charge in [-0.1, -0.05) is 12.1 Å². The molecule has 1 aromatic rings. The predicted molar refractivity (Wildman–Crippen MR) is 65.8 cm³/mol. The fourth-order valence-corrected chi connectivity index (χ4v) is 2.21. The Kier molecular flexibility index (Phi) is 3.54. The third-order valence-electron chi connectivity index (χ3n) is 3.35. The van der Waals surface area contributed by atoms with Crippen molar-refractivity contribution in [2.45, 2.75) is 31.5 Å². The molecule has 1 heterocycles. The minimum atomic E-state index is -4.19. The summed E-state index contributed by atoms with van der Waals surface area (Å²) in [6, 6.07) is 4.50. The Morgan fingerprint density at radius 1 is 1.42 bits per heavy atom. The molecule has 1 amide bonds. The van der Waals surface area contributed by atoms with Gasteiger partial charge in [-0.15, -0.1) is 0 Å². The fraction of sp³-hybridized carbons (Fsp3) is 0.462. The topological polar surface area (TPSA) is 46.3 Å². The molecule has 0 fully saturated rings. The van der Waals surface area contributed by atoms with Crippen LogP contribution in [0.4, 0.5) is 18.9 Å². The van der Waals surface area contributed by atoms with Gasteiger partial charge in [-0.05, 0) is 23.6 Å². The van der Waals surface area contributed by atoms with Crippen LogP contribution in [0.2, 0.25) is 0 Å². The average Bonchev–Trinajstić information content (AvgIpc) is 2.61. The second-order valence-electron chi connectivity index (χ2n) is 4.78. The zero-order valence-corrected chi connectivity index (χ0v) is 10.5. The number of carbonyl (C=O) groups excluding carboxylic acids is 1. The molecule has 0 saturated carbocycles. The van der Waals surface area contributed by atoms with Crippen LogP contribution >= 0.6 is 0 Å². The smallest absolute Gasteiger partial charge is 0.324 e. The quantitative estimate of drug-likeness (QED) is 0.919. The summed E-state index contributed by atoms with van der Waals surface area (Å²) < 4.78 is 36.4. The van der Waals surface area contributed by atoms with Crippen molar-refractivity contribution in [3.63, 3.8) is 0 Å². The van der Waals surface area contributed by atoms with E-state index in [0.717, 1.165) is 11.3 Å². The predicted octanol–water partition coefficient (Wildman–Crippen LogP) is 2.55. The van der Waals surface area contributed by atoms with E-state index in [0.29, 0.717) is 5.56 Å². The van der Waals surface area contributed by atoms with Gasteiger partial charge in [0.2, 0.25) is 5.91 Å². The van der Waals surface area contributed by atoms with Crippen LogP contribution in [-0.4, -0.2) is 19.1 Å². The van der Waals surface area contributed by atoms with Crippen LogP contribution in [0.25, 0.3) is 0 Å². The van der Waals surface area contributed by atoms with Crippen molar-refractivity contribution in [3.8, 4) is 0 Å². The van der Waals surface area contributed by atoms with Gasteiger partial charge < -0.3 is 10.6 Å². The van der Waals surface area contributed by atoms with Gasteiger partial charge in [0.05, 0.1) is 6.42 Å². The minimum absolute atomic E-state index is 0.0176. The van der Waals surface area contributed by atoms with Gasteiger partial charge in [-0.3, -0.25) is 4.79 Å². The molecule has 3 nitrogen and oxygen atoms in total. The SMILES string of the molecule is CN1C(=O)Cc2cc(C(N)CCC(F)(F)F)ccc21. The number of alkyl halides is 3. The number of fused-ring (bicyclic) bond motifs is 1. The Morgan fingerprint density at radius 3 is 2.74 bits per heavy atom. The van der Waals surface area contributed by atoms with Gasteiger partial charge >= 0.3 is 6.18 Å². The lowest BCUT2D eigenvalue weighted by Crippen LogP contribution is -2.20. The van der Waals surface area contributed by atoms with Crippen molar-refractivity contribution in [2.75, 3.05) is 11.9 Å². The summed E-state index contributed by atoms with van der Waals surface area (Å²) in [4.78, 5) is 13.1. The highest BCUT2D eigenvalue weighted by atomic mass is 19.4. The van der Waals surface area contributed by atoms with Crippen LogP contribution in [0.3, 0.4) is 0 Å². The normalized spacial score (nSPS) is 16.7. The fourth-order valence-electron chi connectivity index (χ4n) is 2.21. The van der Waals surface area contributed by atoms with E-state index in [2.05, 4.69) is 0 Å². The summed E-state index contributed by atoms with van der Waals surface area (Å²) >= 11 is 0. The first-order valence-electron chi connectivity index (χ1n) is 5.99. The van der Waals surface area contributed by atoms with Crippen LogP contribution in [0.5, 0.6) is 0 Å². The maximum Gasteiger partial charge on any atom is 0.389 e. The van der Waals surface area contributed by atoms with E-state index in [4.69, 9.17) is 5.73 Å². The Hall–Kier alpha value is -1.56. The van der Waals surface area contributed by atoms with Crippen molar-refractivity contribution in [1.82, 2.24) is 0 Å². The second-order valence-corrected chi connectivity index (χ2v) is 4.78. The molecule has 0 saturated heterocycles. The molecule has 1 aliphatic rings. The molecular weight excluding hydrogens is 257 g/mol. The zero-order valence-electron chi connectivity index (χ0n) is 10.5. The van der Waals surface area contributed by atoms with Crippen molar-refractivity contribution in [2.24, 2.45) is 5.73 Å². The molecule has 1 unspecified atom stereocenters. The summed E-state index contributed by atoms with van der Waals surface area (Å²) in [5.41, 5.74) is 8.04. The van der Waals surface area contributed by atoms with Gasteiger partial charge in [0.25, 0.3) is 0 Å². The Balaban J connectivity index is 2.11. The summed E-state index contributed by atoms with van der Waals surface area (Å²) in [5, 5.41) is 0. The van der Waals surface area contributed by atoms with E-state index in [-0.39, 0.29) is 18.7 Å². The summed E-state index contributed by atoms with van der Waals surface area (Å²) in [5.74, 6) is -0.0176. The molecule has 1 aromatic carbocycles. The average molecular weight is 272 g/mol. The Morgan fingerprint density at radius 2 is 2.11 bits per heavy atom. The van der Waals surface area contributed by atoms with E-state index < -0.39 is 18.6 Å². The summed E-state index contributed by atoms with van der Waals surface area (Å²) in [6.45, 7) is 0. The summed E-state index contributed by atoms with van der Waals surface area (Å²) in [6.07, 6.45) is -4.95. The third kappa shape index (κ3) is 3.07. The lowest BCUT2D eigenvalue weighted by atomic mass is 9.99. The number of benzene rings is 1. The molecule has 0 bridgehead atoms. The van der Waals surface area contributed by atoms with Crippen LogP contribution in [0.15, 0.2) is 18.2 Å². The van der Waals surface area contributed by atoms with Crippen molar-refractivity contribution in [3.05, 3.63) is 29.3 Å². The number of nitrogens with two attached hydrogens (primary N) is 1. The van der Waals surface area contributed by atoms with E-state index >= 15 is 0 Å². The van der Waals surface area contributed by atoms with Gasteiger partial charge in [-0.2, -0.15) is 13.2 Å². The maximum absolute atomic E-state index is 12.1.